The van der Waals surface area contributed by atoms with Crippen molar-refractivity contribution in [2.45, 2.75) is 12.3 Å². The van der Waals surface area contributed by atoms with E-state index in [9.17, 15) is 9.59 Å². The minimum atomic E-state index is -0.0267. The van der Waals surface area contributed by atoms with Crippen LogP contribution in [0.5, 0.6) is 5.75 Å². The molecule has 2 heterocycles. The van der Waals surface area contributed by atoms with E-state index in [1.165, 1.54) is 0 Å². The lowest BCUT2D eigenvalue weighted by molar-refractivity contribution is -0.137. The van der Waals surface area contributed by atoms with Crippen LogP contribution in [0, 0.1) is 0 Å². The van der Waals surface area contributed by atoms with Crippen LogP contribution in [0.2, 0.25) is 0 Å². The molecule has 2 fully saturated rings. The maximum Gasteiger partial charge on any atom is 0.260 e. The first-order valence-corrected chi connectivity index (χ1v) is 11.1. The molecule has 2 aliphatic heterocycles. The summed E-state index contributed by atoms with van der Waals surface area (Å²) in [6.45, 7) is 3.03. The van der Waals surface area contributed by atoms with Crippen molar-refractivity contribution in [2.24, 2.45) is 0 Å². The van der Waals surface area contributed by atoms with E-state index in [0.29, 0.717) is 45.0 Å². The molecule has 164 valence electrons. The van der Waals surface area contributed by atoms with Gasteiger partial charge in [0.25, 0.3) is 5.91 Å². The van der Waals surface area contributed by atoms with Gasteiger partial charge in [0.15, 0.2) is 6.61 Å². The summed E-state index contributed by atoms with van der Waals surface area (Å²) in [6.07, 6.45) is 0.533. The molecule has 3 aromatic rings. The molecular formula is C26H26N2O4. The van der Waals surface area contributed by atoms with Gasteiger partial charge in [0.1, 0.15) is 5.75 Å². The van der Waals surface area contributed by atoms with Gasteiger partial charge in [-0.3, -0.25) is 9.59 Å². The predicted octanol–water partition coefficient (Wildman–Crippen LogP) is 3.35. The number of morpholine rings is 1. The van der Waals surface area contributed by atoms with E-state index in [0.717, 1.165) is 27.5 Å². The van der Waals surface area contributed by atoms with Gasteiger partial charge in [-0.2, -0.15) is 0 Å². The van der Waals surface area contributed by atoms with Crippen molar-refractivity contribution in [1.82, 2.24) is 10.2 Å². The third-order valence-corrected chi connectivity index (χ3v) is 6.25. The SMILES string of the molecule is O=C1CC(c2ccc(-c3c(OCC(=O)N4CCOCC4)ccc4ccccc34)cc2)CN1. The normalized spacial score (nSPS) is 18.6. The lowest BCUT2D eigenvalue weighted by Crippen LogP contribution is -2.43. The quantitative estimate of drug-likeness (QED) is 0.674. The van der Waals surface area contributed by atoms with Gasteiger partial charge in [0.2, 0.25) is 5.91 Å². The summed E-state index contributed by atoms with van der Waals surface area (Å²) < 4.78 is 11.4. The highest BCUT2D eigenvalue weighted by Crippen LogP contribution is 2.38. The topological polar surface area (TPSA) is 67.9 Å². The number of amides is 2. The van der Waals surface area contributed by atoms with Crippen LogP contribution in [0.1, 0.15) is 17.9 Å². The van der Waals surface area contributed by atoms with E-state index in [2.05, 4.69) is 41.7 Å². The summed E-state index contributed by atoms with van der Waals surface area (Å²) in [5.41, 5.74) is 3.15. The molecule has 2 saturated heterocycles. The minimum absolute atomic E-state index is 0.000715. The second-order valence-electron chi connectivity index (χ2n) is 8.27. The van der Waals surface area contributed by atoms with E-state index in [1.807, 2.05) is 24.3 Å². The van der Waals surface area contributed by atoms with E-state index >= 15 is 0 Å². The Labute approximate surface area is 187 Å². The number of rotatable bonds is 5. The molecule has 3 aromatic carbocycles. The highest BCUT2D eigenvalue weighted by Gasteiger charge is 2.23. The number of carbonyl (C=O) groups excluding carboxylic acids is 2. The highest BCUT2D eigenvalue weighted by molar-refractivity contribution is 6.00. The maximum atomic E-state index is 12.6. The van der Waals surface area contributed by atoms with Crippen molar-refractivity contribution in [1.29, 1.82) is 0 Å². The average Bonchev–Trinajstić information content (AvgIpc) is 3.29. The summed E-state index contributed by atoms with van der Waals surface area (Å²) in [6, 6.07) is 20.5. The standard InChI is InChI=1S/C26H26N2O4/c29-24-15-21(16-27-24)18-5-7-20(8-6-18)26-22-4-2-1-3-19(22)9-10-23(26)32-17-25(30)28-11-13-31-14-12-28/h1-10,21H,11-17H2,(H,27,29). The van der Waals surface area contributed by atoms with Crippen LogP contribution < -0.4 is 10.1 Å². The molecule has 1 unspecified atom stereocenters. The first-order valence-electron chi connectivity index (χ1n) is 11.1. The van der Waals surface area contributed by atoms with Gasteiger partial charge in [-0.25, -0.2) is 0 Å². The summed E-state index contributed by atoms with van der Waals surface area (Å²) in [7, 11) is 0. The van der Waals surface area contributed by atoms with Gasteiger partial charge in [-0.15, -0.1) is 0 Å². The molecule has 1 atom stereocenters. The van der Waals surface area contributed by atoms with Crippen molar-refractivity contribution in [2.75, 3.05) is 39.5 Å². The molecule has 0 saturated carbocycles. The van der Waals surface area contributed by atoms with E-state index in [1.54, 1.807) is 4.90 Å². The molecule has 5 rings (SSSR count). The lowest BCUT2D eigenvalue weighted by atomic mass is 9.93. The first-order chi connectivity index (χ1) is 15.7. The molecule has 0 radical (unpaired) electrons. The molecular weight excluding hydrogens is 404 g/mol. The predicted molar refractivity (Wildman–Crippen MR) is 123 cm³/mol. The van der Waals surface area contributed by atoms with Gasteiger partial charge in [-0.05, 0) is 28.0 Å². The molecule has 32 heavy (non-hydrogen) atoms. The van der Waals surface area contributed by atoms with Crippen molar-refractivity contribution in [3.8, 4) is 16.9 Å². The Morgan fingerprint density at radius 1 is 1.03 bits per heavy atom. The molecule has 2 amide bonds. The average molecular weight is 431 g/mol. The van der Waals surface area contributed by atoms with Crippen LogP contribution in [0.4, 0.5) is 0 Å². The van der Waals surface area contributed by atoms with Crippen LogP contribution in [0.15, 0.2) is 60.7 Å². The second-order valence-corrected chi connectivity index (χ2v) is 8.27. The van der Waals surface area contributed by atoms with Crippen LogP contribution in [0.25, 0.3) is 21.9 Å². The van der Waals surface area contributed by atoms with Crippen LogP contribution in [-0.4, -0.2) is 56.2 Å². The lowest BCUT2D eigenvalue weighted by Gasteiger charge is -2.27. The van der Waals surface area contributed by atoms with Gasteiger partial charge in [0.05, 0.1) is 13.2 Å². The van der Waals surface area contributed by atoms with Crippen molar-refractivity contribution in [3.63, 3.8) is 0 Å². The number of nitrogens with zero attached hydrogens (tertiary/aromatic N) is 1. The summed E-state index contributed by atoms with van der Waals surface area (Å²) >= 11 is 0. The molecule has 2 aliphatic rings. The summed E-state index contributed by atoms with van der Waals surface area (Å²) in [5, 5.41) is 5.09. The molecule has 1 N–H and O–H groups in total. The smallest absolute Gasteiger partial charge is 0.260 e. The fraction of sp³-hybridized carbons (Fsp3) is 0.308. The molecule has 0 aliphatic carbocycles. The number of benzene rings is 3. The van der Waals surface area contributed by atoms with Crippen molar-refractivity contribution < 1.29 is 19.1 Å². The van der Waals surface area contributed by atoms with Gasteiger partial charge in [0, 0.05) is 37.5 Å². The molecule has 6 heteroatoms. The van der Waals surface area contributed by atoms with Crippen molar-refractivity contribution in [3.05, 3.63) is 66.2 Å². The van der Waals surface area contributed by atoms with Gasteiger partial charge >= 0.3 is 0 Å². The number of hydrogen-bond donors (Lipinski definition) is 1. The van der Waals surface area contributed by atoms with E-state index in [-0.39, 0.29) is 24.3 Å². The maximum absolute atomic E-state index is 12.6. The largest absolute Gasteiger partial charge is 0.483 e. The number of nitrogens with one attached hydrogen (secondary N) is 1. The summed E-state index contributed by atoms with van der Waals surface area (Å²) in [5.74, 6) is 0.983. The number of ether oxygens (including phenoxy) is 2. The molecule has 6 nitrogen and oxygen atoms in total. The zero-order valence-electron chi connectivity index (χ0n) is 17.9. The molecule has 0 bridgehead atoms. The van der Waals surface area contributed by atoms with Gasteiger partial charge < -0.3 is 19.7 Å². The Hall–Kier alpha value is -3.38. The number of hydrogen-bond acceptors (Lipinski definition) is 4. The Balaban J connectivity index is 1.44. The summed E-state index contributed by atoms with van der Waals surface area (Å²) in [4.78, 5) is 26.0. The Morgan fingerprint density at radius 3 is 2.56 bits per heavy atom. The molecule has 0 spiro atoms. The third kappa shape index (κ3) is 4.18. The van der Waals surface area contributed by atoms with Crippen molar-refractivity contribution >= 4 is 22.6 Å². The Bertz CT molecular complexity index is 1140. The number of fused-ring (bicyclic) bond motifs is 1. The monoisotopic (exact) mass is 430 g/mol. The fourth-order valence-corrected chi connectivity index (χ4v) is 4.48. The highest BCUT2D eigenvalue weighted by atomic mass is 16.5. The molecule has 0 aromatic heterocycles. The first kappa shape index (κ1) is 20.5. The Morgan fingerprint density at radius 2 is 1.81 bits per heavy atom. The van der Waals surface area contributed by atoms with E-state index in [4.69, 9.17) is 9.47 Å². The zero-order valence-corrected chi connectivity index (χ0v) is 17.9. The second kappa shape index (κ2) is 9.01. The van der Waals surface area contributed by atoms with Crippen LogP contribution >= 0.6 is 0 Å². The zero-order chi connectivity index (χ0) is 21.9. The van der Waals surface area contributed by atoms with Gasteiger partial charge in [-0.1, -0.05) is 54.6 Å². The third-order valence-electron chi connectivity index (χ3n) is 6.25. The number of carbonyl (C=O) groups is 2. The minimum Gasteiger partial charge on any atom is -0.483 e. The van der Waals surface area contributed by atoms with Crippen LogP contribution in [-0.2, 0) is 14.3 Å². The Kier molecular flexibility index (Phi) is 5.77. The van der Waals surface area contributed by atoms with Crippen LogP contribution in [0.3, 0.4) is 0 Å². The fourth-order valence-electron chi connectivity index (χ4n) is 4.48. The van der Waals surface area contributed by atoms with E-state index < -0.39 is 0 Å².